The third kappa shape index (κ3) is 53.5. The molecule has 0 saturated heterocycles. The van der Waals surface area contributed by atoms with Crippen LogP contribution in [0.4, 0.5) is 0 Å². The molecule has 4 nitrogen and oxygen atoms in total. The number of amides is 1. The molecule has 68 heavy (non-hydrogen) atoms. The number of hydrogen-bond acceptors (Lipinski definition) is 3. The van der Waals surface area contributed by atoms with Gasteiger partial charge in [-0.2, -0.15) is 0 Å². The zero-order valence-electron chi connectivity index (χ0n) is 44.3. The lowest BCUT2D eigenvalue weighted by atomic mass is 10.0. The van der Waals surface area contributed by atoms with Crippen molar-refractivity contribution in [3.05, 3.63) is 134 Å². The first-order valence-corrected chi connectivity index (χ1v) is 28.4. The van der Waals surface area contributed by atoms with Gasteiger partial charge in [-0.15, -0.1) is 0 Å². The lowest BCUT2D eigenvalue weighted by Gasteiger charge is -2.19. The Morgan fingerprint density at radius 2 is 0.662 bits per heavy atom. The predicted octanol–water partition coefficient (Wildman–Crippen LogP) is 19.0. The van der Waals surface area contributed by atoms with Crippen molar-refractivity contribution in [3.63, 3.8) is 0 Å². The standard InChI is InChI=1S/C64H107NO3/c1-3-5-7-9-11-13-15-17-19-21-23-24-25-26-27-28-29-30-31-32-33-34-35-36-37-38-39-40-42-44-46-48-50-52-54-56-58-60-64(68)65-62(61-66)63(67)59-57-55-53-51-49-47-45-43-41-22-20-18-16-14-12-10-8-6-4-2/h5,7,11,13,17,19,23-24,26-27,29-30,32-33,35-36,41,43,49,51,57,59,62-63,66-67H,3-4,6,8-10,12,14-16,18,20-22,25,28,31,34,37-40,42,44-48,50,52-56,58,60-61H2,1-2H3,(H,65,68)/b7-5-,13-11-,19-17-,24-23-,27-26-,30-29-,33-32-,36-35-,43-41+,51-49+,59-57+. The van der Waals surface area contributed by atoms with Crippen LogP contribution in [0.15, 0.2) is 134 Å². The van der Waals surface area contributed by atoms with Crippen molar-refractivity contribution in [2.24, 2.45) is 0 Å². The van der Waals surface area contributed by atoms with Gasteiger partial charge in [0.2, 0.25) is 5.91 Å². The van der Waals surface area contributed by atoms with E-state index in [0.717, 1.165) is 89.9 Å². The lowest BCUT2D eigenvalue weighted by molar-refractivity contribution is -0.123. The first-order chi connectivity index (χ1) is 33.7. The summed E-state index contributed by atoms with van der Waals surface area (Å²) in [4.78, 5) is 12.5. The van der Waals surface area contributed by atoms with Crippen LogP contribution >= 0.6 is 0 Å². The van der Waals surface area contributed by atoms with Crippen LogP contribution in [0.2, 0.25) is 0 Å². The number of aliphatic hydroxyl groups excluding tert-OH is 2. The number of aliphatic hydroxyl groups is 2. The normalized spacial score (nSPS) is 13.9. The minimum atomic E-state index is -0.879. The molecule has 0 aromatic heterocycles. The maximum Gasteiger partial charge on any atom is 0.220 e. The van der Waals surface area contributed by atoms with Crippen LogP contribution in [-0.4, -0.2) is 34.9 Å². The van der Waals surface area contributed by atoms with E-state index < -0.39 is 12.1 Å². The molecule has 0 fully saturated rings. The van der Waals surface area contributed by atoms with E-state index >= 15 is 0 Å². The Kier molecular flexibility index (Phi) is 54.9. The van der Waals surface area contributed by atoms with Crippen LogP contribution in [0, 0.1) is 0 Å². The van der Waals surface area contributed by atoms with Crippen LogP contribution in [-0.2, 0) is 4.79 Å². The fourth-order valence-electron chi connectivity index (χ4n) is 7.81. The van der Waals surface area contributed by atoms with Gasteiger partial charge in [-0.1, -0.05) is 263 Å². The SMILES string of the molecule is CC/C=C\C/C=C\C/C=C\C/C=C\C/C=C\C/C=C\C/C=C\C/C=C\CCCCCCCCCCCCCCC(=O)NC(CO)C(O)/C=C/CC/C=C/CC/C=C/CCCCCCCCCCC. The van der Waals surface area contributed by atoms with Gasteiger partial charge in [0.1, 0.15) is 0 Å². The van der Waals surface area contributed by atoms with E-state index in [-0.39, 0.29) is 12.5 Å². The molecule has 0 heterocycles. The Balaban J connectivity index is 3.62. The number of unbranched alkanes of at least 4 members (excludes halogenated alkanes) is 23. The summed E-state index contributed by atoms with van der Waals surface area (Å²) in [5.41, 5.74) is 0. The predicted molar refractivity (Wildman–Crippen MR) is 303 cm³/mol. The van der Waals surface area contributed by atoms with Crippen molar-refractivity contribution >= 4 is 5.91 Å². The molecule has 1 amide bonds. The fraction of sp³-hybridized carbons (Fsp3) is 0.641. The minimum absolute atomic E-state index is 0.0850. The third-order valence-corrected chi connectivity index (χ3v) is 12.1. The van der Waals surface area contributed by atoms with Gasteiger partial charge in [-0.05, 0) is 109 Å². The summed E-state index contributed by atoms with van der Waals surface area (Å²) >= 11 is 0. The van der Waals surface area contributed by atoms with E-state index in [1.807, 2.05) is 6.08 Å². The number of rotatable bonds is 50. The smallest absolute Gasteiger partial charge is 0.220 e. The van der Waals surface area contributed by atoms with Gasteiger partial charge >= 0.3 is 0 Å². The van der Waals surface area contributed by atoms with Crippen molar-refractivity contribution in [1.29, 1.82) is 0 Å². The summed E-state index contributed by atoms with van der Waals surface area (Å²) < 4.78 is 0. The van der Waals surface area contributed by atoms with E-state index in [1.165, 1.54) is 135 Å². The molecular formula is C64H107NO3. The highest BCUT2D eigenvalue weighted by atomic mass is 16.3. The highest BCUT2D eigenvalue weighted by Gasteiger charge is 2.17. The Morgan fingerprint density at radius 3 is 1.03 bits per heavy atom. The van der Waals surface area contributed by atoms with Gasteiger partial charge in [-0.3, -0.25) is 4.79 Å². The monoisotopic (exact) mass is 938 g/mol. The van der Waals surface area contributed by atoms with Gasteiger partial charge in [0.05, 0.1) is 18.8 Å². The average Bonchev–Trinajstić information content (AvgIpc) is 3.34. The Bertz CT molecular complexity index is 1390. The number of carbonyl (C=O) groups excluding carboxylic acids is 1. The van der Waals surface area contributed by atoms with Crippen molar-refractivity contribution in [3.8, 4) is 0 Å². The molecule has 3 N–H and O–H groups in total. The molecule has 2 atom stereocenters. The minimum Gasteiger partial charge on any atom is -0.394 e. The first-order valence-electron chi connectivity index (χ1n) is 28.4. The van der Waals surface area contributed by atoms with Crippen LogP contribution in [0.25, 0.3) is 0 Å². The highest BCUT2D eigenvalue weighted by Crippen LogP contribution is 2.14. The Morgan fingerprint density at radius 1 is 0.368 bits per heavy atom. The Labute approximate surface area is 421 Å². The zero-order valence-corrected chi connectivity index (χ0v) is 44.3. The quantitative estimate of drug-likeness (QED) is 0.0420. The summed E-state index contributed by atoms with van der Waals surface area (Å²) in [6, 6.07) is -0.655. The van der Waals surface area contributed by atoms with Crippen molar-refractivity contribution in [1.82, 2.24) is 5.32 Å². The van der Waals surface area contributed by atoms with E-state index in [0.29, 0.717) is 6.42 Å². The number of nitrogens with one attached hydrogen (secondary N) is 1. The molecule has 2 unspecified atom stereocenters. The zero-order chi connectivity index (χ0) is 49.2. The maximum atomic E-state index is 12.5. The van der Waals surface area contributed by atoms with E-state index in [1.54, 1.807) is 6.08 Å². The number of allylic oxidation sites excluding steroid dienone is 21. The van der Waals surface area contributed by atoms with Crippen LogP contribution < -0.4 is 5.32 Å². The van der Waals surface area contributed by atoms with Gasteiger partial charge in [0.25, 0.3) is 0 Å². The largest absolute Gasteiger partial charge is 0.394 e. The van der Waals surface area contributed by atoms with Gasteiger partial charge < -0.3 is 15.5 Å². The molecule has 0 aliphatic carbocycles. The first kappa shape index (κ1) is 64.5. The molecule has 0 saturated carbocycles. The molecule has 4 heteroatoms. The second-order valence-corrected chi connectivity index (χ2v) is 18.6. The third-order valence-electron chi connectivity index (χ3n) is 12.1. The number of carbonyl (C=O) groups is 1. The molecule has 0 spiro atoms. The summed E-state index contributed by atoms with van der Waals surface area (Å²) in [7, 11) is 0. The summed E-state index contributed by atoms with van der Waals surface area (Å²) in [5, 5.41) is 23.1. The molecule has 386 valence electrons. The van der Waals surface area contributed by atoms with Crippen LogP contribution in [0.3, 0.4) is 0 Å². The molecular weight excluding hydrogens is 831 g/mol. The van der Waals surface area contributed by atoms with E-state index in [2.05, 4.69) is 141 Å². The summed E-state index contributed by atoms with van der Waals surface area (Å²) in [6.07, 6.45) is 90.3. The molecule has 0 aromatic rings. The van der Waals surface area contributed by atoms with Gasteiger partial charge in [-0.25, -0.2) is 0 Å². The molecule has 0 bridgehead atoms. The van der Waals surface area contributed by atoms with E-state index in [9.17, 15) is 15.0 Å². The lowest BCUT2D eigenvalue weighted by Crippen LogP contribution is -2.45. The fourth-order valence-corrected chi connectivity index (χ4v) is 7.81. The molecule has 0 aliphatic rings. The van der Waals surface area contributed by atoms with Crippen LogP contribution in [0.1, 0.15) is 245 Å². The molecule has 0 rings (SSSR count). The van der Waals surface area contributed by atoms with E-state index in [4.69, 9.17) is 0 Å². The van der Waals surface area contributed by atoms with Crippen molar-refractivity contribution in [2.45, 2.75) is 257 Å². The maximum absolute atomic E-state index is 12.5. The second kappa shape index (κ2) is 57.8. The average molecular weight is 939 g/mol. The van der Waals surface area contributed by atoms with Crippen molar-refractivity contribution in [2.75, 3.05) is 6.61 Å². The summed E-state index contributed by atoms with van der Waals surface area (Å²) in [5.74, 6) is -0.0850. The summed E-state index contributed by atoms with van der Waals surface area (Å²) in [6.45, 7) is 4.17. The van der Waals surface area contributed by atoms with Crippen molar-refractivity contribution < 1.29 is 15.0 Å². The Hall–Kier alpha value is -3.47. The molecule has 0 aliphatic heterocycles. The van der Waals surface area contributed by atoms with Crippen LogP contribution in [0.5, 0.6) is 0 Å². The van der Waals surface area contributed by atoms with Gasteiger partial charge in [0, 0.05) is 6.42 Å². The molecule has 0 radical (unpaired) electrons. The second-order valence-electron chi connectivity index (χ2n) is 18.6. The molecule has 0 aromatic carbocycles. The number of hydrogen-bond donors (Lipinski definition) is 3. The van der Waals surface area contributed by atoms with Gasteiger partial charge in [0.15, 0.2) is 0 Å². The topological polar surface area (TPSA) is 69.6 Å². The highest BCUT2D eigenvalue weighted by molar-refractivity contribution is 5.76.